The summed E-state index contributed by atoms with van der Waals surface area (Å²) in [6.45, 7) is 0.215. The number of likely N-dealkylation sites (tertiary alicyclic amines) is 1. The van der Waals surface area contributed by atoms with Crippen molar-refractivity contribution in [2.45, 2.75) is 24.3 Å². The minimum absolute atomic E-state index is 0.0719. The zero-order valence-corrected chi connectivity index (χ0v) is 10.8. The van der Waals surface area contributed by atoms with Crippen molar-refractivity contribution < 1.29 is 19.1 Å². The number of halogens is 2. The van der Waals surface area contributed by atoms with Gasteiger partial charge in [0.2, 0.25) is 5.91 Å². The number of carboxylic acids is 1. The predicted octanol–water partition coefficient (Wildman–Crippen LogP) is 1.66. The topological polar surface area (TPSA) is 57.6 Å². The van der Waals surface area contributed by atoms with Crippen LogP contribution in [-0.2, 0) is 16.0 Å². The summed E-state index contributed by atoms with van der Waals surface area (Å²) < 4.78 is 13.1. The number of carbonyl (C=O) groups excluding carboxylic acids is 1. The van der Waals surface area contributed by atoms with Gasteiger partial charge in [0.15, 0.2) is 0 Å². The highest BCUT2D eigenvalue weighted by Gasteiger charge is 2.36. The molecule has 0 saturated carbocycles. The lowest BCUT2D eigenvalue weighted by Gasteiger charge is -2.24. The third kappa shape index (κ3) is 3.23. The van der Waals surface area contributed by atoms with Crippen molar-refractivity contribution in [1.82, 2.24) is 4.90 Å². The molecule has 0 aliphatic carbocycles. The fourth-order valence-corrected chi connectivity index (χ4v) is 2.49. The fraction of sp³-hybridized carbons (Fsp3) is 0.385. The first-order valence-electron chi connectivity index (χ1n) is 5.88. The summed E-state index contributed by atoms with van der Waals surface area (Å²) in [4.78, 5) is 24.2. The number of nitrogens with zero attached hydrogens (tertiary/aromatic N) is 1. The molecule has 2 atom stereocenters. The number of carbonyl (C=O) groups is 2. The highest BCUT2D eigenvalue weighted by Crippen LogP contribution is 2.21. The lowest BCUT2D eigenvalue weighted by molar-refractivity contribution is -0.148. The molecule has 1 saturated heterocycles. The van der Waals surface area contributed by atoms with Gasteiger partial charge in [-0.25, -0.2) is 9.18 Å². The summed E-state index contributed by atoms with van der Waals surface area (Å²) in [6.07, 6.45) is 0.219. The largest absolute Gasteiger partial charge is 0.480 e. The number of benzene rings is 1. The van der Waals surface area contributed by atoms with Crippen molar-refractivity contribution in [1.29, 1.82) is 0 Å². The third-order valence-corrected chi connectivity index (χ3v) is 3.38. The summed E-state index contributed by atoms with van der Waals surface area (Å²) in [6, 6.07) is 4.71. The molecule has 0 bridgehead atoms. The Kier molecular flexibility index (Phi) is 4.04. The number of amides is 1. The second-order valence-corrected chi connectivity index (χ2v) is 5.15. The average Bonchev–Trinajstić information content (AvgIpc) is 2.65. The fourth-order valence-electron chi connectivity index (χ4n) is 2.21. The number of rotatable bonds is 4. The average molecular weight is 286 g/mol. The van der Waals surface area contributed by atoms with Gasteiger partial charge >= 0.3 is 5.97 Å². The first-order valence-corrected chi connectivity index (χ1v) is 6.32. The Bertz CT molecular complexity index is 508. The van der Waals surface area contributed by atoms with Crippen LogP contribution in [0.15, 0.2) is 24.3 Å². The Morgan fingerprint density at radius 2 is 2.32 bits per heavy atom. The summed E-state index contributed by atoms with van der Waals surface area (Å²) in [5.41, 5.74) is 0.540. The Labute approximate surface area is 114 Å². The van der Waals surface area contributed by atoms with E-state index >= 15 is 0 Å². The predicted molar refractivity (Wildman–Crippen MR) is 67.5 cm³/mol. The van der Waals surface area contributed by atoms with Gasteiger partial charge < -0.3 is 10.0 Å². The molecule has 4 nitrogen and oxygen atoms in total. The van der Waals surface area contributed by atoms with E-state index in [1.807, 2.05) is 0 Å². The first kappa shape index (κ1) is 13.8. The van der Waals surface area contributed by atoms with E-state index in [0.29, 0.717) is 5.56 Å². The van der Waals surface area contributed by atoms with Crippen molar-refractivity contribution in [3.8, 4) is 0 Å². The van der Waals surface area contributed by atoms with Crippen LogP contribution in [0.5, 0.6) is 0 Å². The summed E-state index contributed by atoms with van der Waals surface area (Å²) in [5.74, 6) is -1.81. The van der Waals surface area contributed by atoms with E-state index < -0.39 is 17.8 Å². The molecule has 1 fully saturated rings. The Morgan fingerprint density at radius 3 is 2.84 bits per heavy atom. The van der Waals surface area contributed by atoms with E-state index in [0.717, 1.165) is 0 Å². The highest BCUT2D eigenvalue weighted by molar-refractivity contribution is 6.22. The van der Waals surface area contributed by atoms with Crippen molar-refractivity contribution >= 4 is 23.5 Å². The standard InChI is InChI=1S/C13H13ClFNO3/c14-9-6-12(17)16(7-9)11(13(18)19)5-8-2-1-3-10(15)4-8/h1-4,9,11H,5-7H2,(H,18,19)/t9?,11-/m0/s1. The minimum atomic E-state index is -1.11. The van der Waals surface area contributed by atoms with Crippen molar-refractivity contribution in [3.05, 3.63) is 35.6 Å². The van der Waals surface area contributed by atoms with Crippen molar-refractivity contribution in [2.75, 3.05) is 6.54 Å². The SMILES string of the molecule is O=C(O)[C@H](Cc1cccc(F)c1)N1CC(Cl)CC1=O. The third-order valence-electron chi connectivity index (χ3n) is 3.09. The second-order valence-electron chi connectivity index (χ2n) is 4.54. The van der Waals surface area contributed by atoms with E-state index in [1.54, 1.807) is 6.07 Å². The maximum absolute atomic E-state index is 13.1. The maximum Gasteiger partial charge on any atom is 0.326 e. The van der Waals surface area contributed by atoms with Gasteiger partial charge in [0.25, 0.3) is 0 Å². The zero-order chi connectivity index (χ0) is 14.0. The second kappa shape index (κ2) is 5.57. The van der Waals surface area contributed by atoms with Gasteiger partial charge in [-0.15, -0.1) is 11.6 Å². The quantitative estimate of drug-likeness (QED) is 0.856. The Balaban J connectivity index is 2.17. The van der Waals surface area contributed by atoms with Gasteiger partial charge in [-0.05, 0) is 17.7 Å². The van der Waals surface area contributed by atoms with Crippen LogP contribution >= 0.6 is 11.6 Å². The van der Waals surface area contributed by atoms with E-state index in [-0.39, 0.29) is 30.7 Å². The molecule has 1 unspecified atom stereocenters. The van der Waals surface area contributed by atoms with Gasteiger partial charge in [0.05, 0.1) is 5.38 Å². The van der Waals surface area contributed by atoms with E-state index in [4.69, 9.17) is 11.6 Å². The summed E-state index contributed by atoms with van der Waals surface area (Å²) in [7, 11) is 0. The molecule has 6 heteroatoms. The van der Waals surface area contributed by atoms with Gasteiger partial charge in [0.1, 0.15) is 11.9 Å². The van der Waals surface area contributed by atoms with Crippen LogP contribution in [0.2, 0.25) is 0 Å². The highest BCUT2D eigenvalue weighted by atomic mass is 35.5. The normalized spacial score (nSPS) is 20.6. The van der Waals surface area contributed by atoms with Gasteiger partial charge in [-0.2, -0.15) is 0 Å². The first-order chi connectivity index (χ1) is 8.97. The van der Waals surface area contributed by atoms with Crippen LogP contribution in [-0.4, -0.2) is 39.8 Å². The van der Waals surface area contributed by atoms with Crippen LogP contribution in [0.4, 0.5) is 4.39 Å². The molecule has 1 aliphatic rings. The van der Waals surface area contributed by atoms with Crippen LogP contribution in [0, 0.1) is 5.82 Å². The Hall–Kier alpha value is -1.62. The van der Waals surface area contributed by atoms with Crippen LogP contribution < -0.4 is 0 Å². The maximum atomic E-state index is 13.1. The number of carboxylic acid groups (broad SMARTS) is 1. The molecule has 0 radical (unpaired) electrons. The van der Waals surface area contributed by atoms with Crippen molar-refractivity contribution in [3.63, 3.8) is 0 Å². The zero-order valence-electron chi connectivity index (χ0n) is 10.1. The number of hydrogen-bond acceptors (Lipinski definition) is 2. The van der Waals surface area contributed by atoms with Crippen LogP contribution in [0.1, 0.15) is 12.0 Å². The molecule has 1 aromatic carbocycles. The van der Waals surface area contributed by atoms with E-state index in [1.165, 1.54) is 23.1 Å². The van der Waals surface area contributed by atoms with Gasteiger partial charge in [0, 0.05) is 19.4 Å². The van der Waals surface area contributed by atoms with E-state index in [2.05, 4.69) is 0 Å². The smallest absolute Gasteiger partial charge is 0.326 e. The molecular weight excluding hydrogens is 273 g/mol. The molecule has 1 N–H and O–H groups in total. The molecule has 1 aliphatic heterocycles. The molecular formula is C13H13ClFNO3. The molecule has 1 aromatic rings. The summed E-state index contributed by atoms with van der Waals surface area (Å²) >= 11 is 5.86. The van der Waals surface area contributed by atoms with E-state index in [9.17, 15) is 19.1 Å². The Morgan fingerprint density at radius 1 is 1.58 bits per heavy atom. The lowest BCUT2D eigenvalue weighted by atomic mass is 10.0. The molecule has 19 heavy (non-hydrogen) atoms. The molecule has 1 heterocycles. The molecule has 102 valence electrons. The molecule has 1 amide bonds. The molecule has 0 aromatic heterocycles. The molecule has 0 spiro atoms. The molecule has 2 rings (SSSR count). The van der Waals surface area contributed by atoms with Crippen molar-refractivity contribution in [2.24, 2.45) is 0 Å². The van der Waals surface area contributed by atoms with Crippen LogP contribution in [0.25, 0.3) is 0 Å². The lowest BCUT2D eigenvalue weighted by Crippen LogP contribution is -2.43. The number of aliphatic carboxylic acids is 1. The van der Waals surface area contributed by atoms with Crippen LogP contribution in [0.3, 0.4) is 0 Å². The van der Waals surface area contributed by atoms with Gasteiger partial charge in [-0.1, -0.05) is 12.1 Å². The summed E-state index contributed by atoms with van der Waals surface area (Å²) in [5, 5.41) is 8.88. The monoisotopic (exact) mass is 285 g/mol. The van der Waals surface area contributed by atoms with Gasteiger partial charge in [-0.3, -0.25) is 4.79 Å². The minimum Gasteiger partial charge on any atom is -0.480 e. The number of hydrogen-bond donors (Lipinski definition) is 1. The number of alkyl halides is 1.